The Balaban J connectivity index is 1.59. The molecule has 2 aromatic heterocycles. The maximum Gasteiger partial charge on any atom is 0.256 e. The molecule has 2 saturated heterocycles. The van der Waals surface area contributed by atoms with Crippen LogP contribution in [0.4, 0.5) is 0 Å². The van der Waals surface area contributed by atoms with Gasteiger partial charge in [0.2, 0.25) is 0 Å². The summed E-state index contributed by atoms with van der Waals surface area (Å²) >= 11 is 0. The van der Waals surface area contributed by atoms with Crippen LogP contribution in [0.15, 0.2) is 24.8 Å². The minimum Gasteiger partial charge on any atom is -0.378 e. The van der Waals surface area contributed by atoms with Crippen LogP contribution in [0.5, 0.6) is 0 Å². The fraction of sp³-hybridized carbons (Fsp3) is 0.500. The van der Waals surface area contributed by atoms with Crippen LogP contribution < -0.4 is 0 Å². The number of rotatable bonds is 2. The Morgan fingerprint density at radius 1 is 1.39 bits per heavy atom. The van der Waals surface area contributed by atoms with Crippen LogP contribution in [0.25, 0.3) is 11.1 Å². The minimum atomic E-state index is -0.321. The van der Waals surface area contributed by atoms with Gasteiger partial charge in [-0.2, -0.15) is 5.10 Å². The van der Waals surface area contributed by atoms with Crippen LogP contribution in [0, 0.1) is 0 Å². The average Bonchev–Trinajstić information content (AvgIpc) is 3.27. The molecule has 0 bridgehead atoms. The van der Waals surface area contributed by atoms with Crippen molar-refractivity contribution in [3.8, 4) is 11.1 Å². The van der Waals surface area contributed by atoms with E-state index in [9.17, 15) is 4.79 Å². The number of aromatic amines is 1. The number of nitrogens with one attached hydrogen (secondary N) is 1. The standard InChI is InChI=1S/C16H20N4O3/c1-19-9-12(6-18-19)13-7-17-8-14(13)15(21)20-3-5-23-16(10-20)2-4-22-11-16/h6-9,17H,2-5,10-11H2,1H3. The van der Waals surface area contributed by atoms with Gasteiger partial charge in [0.15, 0.2) is 0 Å². The molecule has 0 aliphatic carbocycles. The number of aryl methyl sites for hydroxylation is 1. The van der Waals surface area contributed by atoms with Gasteiger partial charge in [0.05, 0.1) is 31.5 Å². The Kier molecular flexibility index (Phi) is 3.46. The van der Waals surface area contributed by atoms with E-state index in [2.05, 4.69) is 10.1 Å². The third-order valence-corrected chi connectivity index (χ3v) is 4.59. The van der Waals surface area contributed by atoms with Crippen LogP contribution in [0.2, 0.25) is 0 Å². The fourth-order valence-electron chi connectivity index (χ4n) is 3.36. The molecular weight excluding hydrogens is 296 g/mol. The first-order chi connectivity index (χ1) is 11.2. The summed E-state index contributed by atoms with van der Waals surface area (Å²) in [6.07, 6.45) is 8.13. The first-order valence-corrected chi connectivity index (χ1v) is 7.84. The number of ether oxygens (including phenoxy) is 2. The monoisotopic (exact) mass is 316 g/mol. The maximum atomic E-state index is 13.0. The number of H-pyrrole nitrogens is 1. The van der Waals surface area contributed by atoms with Crippen LogP contribution in [-0.4, -0.2) is 64.1 Å². The summed E-state index contributed by atoms with van der Waals surface area (Å²) in [5.74, 6) is 0.0275. The number of carbonyl (C=O) groups excluding carboxylic acids is 1. The van der Waals surface area contributed by atoms with E-state index in [0.29, 0.717) is 38.5 Å². The second-order valence-corrected chi connectivity index (χ2v) is 6.25. The highest BCUT2D eigenvalue weighted by atomic mass is 16.6. The lowest BCUT2D eigenvalue weighted by molar-refractivity contribution is -0.0995. The summed E-state index contributed by atoms with van der Waals surface area (Å²) in [4.78, 5) is 17.9. The topological polar surface area (TPSA) is 72.4 Å². The minimum absolute atomic E-state index is 0.0275. The lowest BCUT2D eigenvalue weighted by Gasteiger charge is -2.39. The lowest BCUT2D eigenvalue weighted by Crippen LogP contribution is -2.54. The van der Waals surface area contributed by atoms with Gasteiger partial charge in [0.1, 0.15) is 5.60 Å². The van der Waals surface area contributed by atoms with Gasteiger partial charge in [0.25, 0.3) is 5.91 Å². The van der Waals surface area contributed by atoms with Gasteiger partial charge in [-0.1, -0.05) is 0 Å². The van der Waals surface area contributed by atoms with Crippen molar-refractivity contribution in [3.63, 3.8) is 0 Å². The first-order valence-electron chi connectivity index (χ1n) is 7.84. The molecule has 2 fully saturated rings. The molecule has 122 valence electrons. The Morgan fingerprint density at radius 2 is 2.30 bits per heavy atom. The summed E-state index contributed by atoms with van der Waals surface area (Å²) in [7, 11) is 1.86. The Labute approximate surface area is 134 Å². The Hall–Kier alpha value is -2.12. The van der Waals surface area contributed by atoms with E-state index in [1.807, 2.05) is 24.3 Å². The molecule has 23 heavy (non-hydrogen) atoms. The predicted octanol–water partition coefficient (Wildman–Crippen LogP) is 1.05. The van der Waals surface area contributed by atoms with Crippen molar-refractivity contribution in [2.45, 2.75) is 12.0 Å². The van der Waals surface area contributed by atoms with Crippen molar-refractivity contribution < 1.29 is 14.3 Å². The van der Waals surface area contributed by atoms with E-state index < -0.39 is 0 Å². The normalized spacial score (nSPS) is 24.5. The van der Waals surface area contributed by atoms with E-state index in [-0.39, 0.29) is 11.5 Å². The quantitative estimate of drug-likeness (QED) is 0.899. The van der Waals surface area contributed by atoms with Gasteiger partial charge in [-0.05, 0) is 0 Å². The zero-order chi connectivity index (χ0) is 15.9. The highest BCUT2D eigenvalue weighted by molar-refractivity contribution is 6.00. The summed E-state index contributed by atoms with van der Waals surface area (Å²) < 4.78 is 13.1. The number of morpholine rings is 1. The van der Waals surface area contributed by atoms with E-state index in [1.54, 1.807) is 17.1 Å². The van der Waals surface area contributed by atoms with E-state index in [1.165, 1.54) is 0 Å². The van der Waals surface area contributed by atoms with Crippen LogP contribution in [0.3, 0.4) is 0 Å². The number of carbonyl (C=O) groups is 1. The summed E-state index contributed by atoms with van der Waals surface area (Å²) in [5.41, 5.74) is 2.17. The highest BCUT2D eigenvalue weighted by Crippen LogP contribution is 2.30. The molecule has 2 aliphatic heterocycles. The third-order valence-electron chi connectivity index (χ3n) is 4.59. The highest BCUT2D eigenvalue weighted by Gasteiger charge is 2.42. The number of hydrogen-bond acceptors (Lipinski definition) is 4. The van der Waals surface area contributed by atoms with Crippen molar-refractivity contribution >= 4 is 5.91 Å². The van der Waals surface area contributed by atoms with Crippen LogP contribution >= 0.6 is 0 Å². The predicted molar refractivity (Wildman–Crippen MR) is 83.0 cm³/mol. The molecule has 1 unspecified atom stereocenters. The van der Waals surface area contributed by atoms with Gasteiger partial charge in [-0.3, -0.25) is 9.48 Å². The van der Waals surface area contributed by atoms with Crippen LogP contribution in [0.1, 0.15) is 16.8 Å². The van der Waals surface area contributed by atoms with Crippen molar-refractivity contribution in [1.29, 1.82) is 0 Å². The van der Waals surface area contributed by atoms with Gasteiger partial charge in [-0.15, -0.1) is 0 Å². The molecule has 1 N–H and O–H groups in total. The molecule has 1 atom stereocenters. The molecular formula is C16H20N4O3. The van der Waals surface area contributed by atoms with Gasteiger partial charge < -0.3 is 19.4 Å². The molecule has 4 heterocycles. The molecule has 1 amide bonds. The Morgan fingerprint density at radius 3 is 3.04 bits per heavy atom. The zero-order valence-corrected chi connectivity index (χ0v) is 13.1. The lowest BCUT2D eigenvalue weighted by atomic mass is 9.99. The van der Waals surface area contributed by atoms with Crippen LogP contribution in [-0.2, 0) is 16.5 Å². The summed E-state index contributed by atoms with van der Waals surface area (Å²) in [5, 5.41) is 4.18. The van der Waals surface area contributed by atoms with Gasteiger partial charge in [0, 0.05) is 56.3 Å². The largest absolute Gasteiger partial charge is 0.378 e. The first kappa shape index (κ1) is 14.5. The SMILES string of the molecule is Cn1cc(-c2c[nH]cc2C(=O)N2CCOC3(CCOC3)C2)cn1. The smallest absolute Gasteiger partial charge is 0.256 e. The molecule has 2 aromatic rings. The molecule has 2 aliphatic rings. The Bertz CT molecular complexity index is 714. The fourth-order valence-corrected chi connectivity index (χ4v) is 3.36. The molecule has 7 nitrogen and oxygen atoms in total. The van der Waals surface area contributed by atoms with Gasteiger partial charge in [-0.25, -0.2) is 0 Å². The zero-order valence-electron chi connectivity index (χ0n) is 13.1. The second-order valence-electron chi connectivity index (χ2n) is 6.25. The third kappa shape index (κ3) is 2.55. The van der Waals surface area contributed by atoms with Crippen molar-refractivity contribution in [3.05, 3.63) is 30.4 Å². The maximum absolute atomic E-state index is 13.0. The van der Waals surface area contributed by atoms with E-state index in [4.69, 9.17) is 9.47 Å². The van der Waals surface area contributed by atoms with Gasteiger partial charge >= 0.3 is 0 Å². The number of aromatic nitrogens is 3. The summed E-state index contributed by atoms with van der Waals surface area (Å²) in [6.45, 7) is 3.02. The van der Waals surface area contributed by atoms with Crippen molar-refractivity contribution in [2.24, 2.45) is 7.05 Å². The molecule has 1 spiro atoms. The van der Waals surface area contributed by atoms with E-state index >= 15 is 0 Å². The number of amides is 1. The molecule has 4 rings (SSSR count). The number of hydrogen-bond donors (Lipinski definition) is 1. The molecule has 0 aromatic carbocycles. The van der Waals surface area contributed by atoms with Crippen molar-refractivity contribution in [1.82, 2.24) is 19.7 Å². The molecule has 7 heteroatoms. The second kappa shape index (κ2) is 5.50. The van der Waals surface area contributed by atoms with Crippen molar-refractivity contribution in [2.75, 3.05) is 32.9 Å². The average molecular weight is 316 g/mol. The molecule has 0 saturated carbocycles. The number of nitrogens with zero attached hydrogens (tertiary/aromatic N) is 3. The van der Waals surface area contributed by atoms with E-state index in [0.717, 1.165) is 17.5 Å². The summed E-state index contributed by atoms with van der Waals surface area (Å²) in [6, 6.07) is 0. The molecule has 0 radical (unpaired) electrons.